The van der Waals surface area contributed by atoms with Gasteiger partial charge in [0.15, 0.2) is 11.7 Å². The van der Waals surface area contributed by atoms with Crippen molar-refractivity contribution in [1.29, 1.82) is 0 Å². The van der Waals surface area contributed by atoms with Gasteiger partial charge in [-0.15, -0.1) is 11.3 Å². The molecule has 3 aromatic rings. The average Bonchev–Trinajstić information content (AvgIpc) is 3.07. The van der Waals surface area contributed by atoms with Crippen LogP contribution in [0.25, 0.3) is 11.1 Å². The predicted molar refractivity (Wildman–Crippen MR) is 99.5 cm³/mol. The number of anilines is 1. The SMILES string of the molecule is O=C(O)Cc1csc(NC(=O)COc2ccc(-c3ccccc3)cc2)n1. The van der Waals surface area contributed by atoms with Gasteiger partial charge in [0.25, 0.3) is 5.91 Å². The third-order valence-corrected chi connectivity index (χ3v) is 4.27. The number of nitrogens with one attached hydrogen (secondary N) is 1. The molecule has 3 rings (SSSR count). The van der Waals surface area contributed by atoms with Crippen molar-refractivity contribution in [3.63, 3.8) is 0 Å². The highest BCUT2D eigenvalue weighted by atomic mass is 32.1. The van der Waals surface area contributed by atoms with Crippen LogP contribution in [0.4, 0.5) is 5.13 Å². The van der Waals surface area contributed by atoms with Gasteiger partial charge in [0.2, 0.25) is 0 Å². The van der Waals surface area contributed by atoms with Crippen molar-refractivity contribution in [1.82, 2.24) is 4.98 Å². The van der Waals surface area contributed by atoms with Crippen LogP contribution in [0.3, 0.4) is 0 Å². The second kappa shape index (κ2) is 8.26. The Morgan fingerprint density at radius 1 is 1.04 bits per heavy atom. The van der Waals surface area contributed by atoms with E-state index >= 15 is 0 Å². The van der Waals surface area contributed by atoms with Crippen molar-refractivity contribution in [2.75, 3.05) is 11.9 Å². The number of thiazole rings is 1. The van der Waals surface area contributed by atoms with Crippen LogP contribution in [0.5, 0.6) is 5.75 Å². The van der Waals surface area contributed by atoms with E-state index in [0.29, 0.717) is 16.6 Å². The Bertz CT molecular complexity index is 891. The smallest absolute Gasteiger partial charge is 0.309 e. The Hall–Kier alpha value is -3.19. The van der Waals surface area contributed by atoms with E-state index in [1.807, 2.05) is 54.6 Å². The number of amides is 1. The first-order chi connectivity index (χ1) is 12.6. The number of hydrogen-bond acceptors (Lipinski definition) is 5. The maximum absolute atomic E-state index is 11.9. The van der Waals surface area contributed by atoms with Gasteiger partial charge >= 0.3 is 5.97 Å². The molecular weight excluding hydrogens is 352 g/mol. The number of nitrogens with zero attached hydrogens (tertiary/aromatic N) is 1. The highest BCUT2D eigenvalue weighted by molar-refractivity contribution is 7.13. The quantitative estimate of drug-likeness (QED) is 0.667. The van der Waals surface area contributed by atoms with Crippen molar-refractivity contribution in [3.05, 3.63) is 65.7 Å². The fraction of sp³-hybridized carbons (Fsp3) is 0.105. The van der Waals surface area contributed by atoms with Crippen molar-refractivity contribution in [2.24, 2.45) is 0 Å². The van der Waals surface area contributed by atoms with Gasteiger partial charge < -0.3 is 9.84 Å². The van der Waals surface area contributed by atoms with E-state index in [9.17, 15) is 9.59 Å². The maximum Gasteiger partial charge on any atom is 0.309 e. The molecule has 2 aromatic carbocycles. The van der Waals surface area contributed by atoms with Gasteiger partial charge in [0.1, 0.15) is 5.75 Å². The number of carboxylic acid groups (broad SMARTS) is 1. The molecule has 0 radical (unpaired) electrons. The van der Waals surface area contributed by atoms with E-state index in [1.165, 1.54) is 11.3 Å². The highest BCUT2D eigenvalue weighted by Crippen LogP contribution is 2.22. The number of carboxylic acids is 1. The number of carbonyl (C=O) groups is 2. The topological polar surface area (TPSA) is 88.5 Å². The Morgan fingerprint density at radius 2 is 1.73 bits per heavy atom. The first-order valence-electron chi connectivity index (χ1n) is 7.84. The minimum atomic E-state index is -0.963. The van der Waals surface area contributed by atoms with Crippen molar-refractivity contribution >= 4 is 28.3 Å². The number of benzene rings is 2. The summed E-state index contributed by atoms with van der Waals surface area (Å²) in [5.74, 6) is -0.727. The molecule has 0 atom stereocenters. The van der Waals surface area contributed by atoms with Gasteiger partial charge in [0.05, 0.1) is 12.1 Å². The zero-order chi connectivity index (χ0) is 18.4. The van der Waals surface area contributed by atoms with Crippen molar-refractivity contribution in [3.8, 4) is 16.9 Å². The molecule has 6 nitrogen and oxygen atoms in total. The number of aliphatic carboxylic acids is 1. The number of rotatable bonds is 7. The lowest BCUT2D eigenvalue weighted by molar-refractivity contribution is -0.136. The molecule has 0 aliphatic heterocycles. The molecule has 0 saturated carbocycles. The molecule has 0 spiro atoms. The van der Waals surface area contributed by atoms with Crippen molar-refractivity contribution in [2.45, 2.75) is 6.42 Å². The Morgan fingerprint density at radius 3 is 2.42 bits per heavy atom. The molecular formula is C19H16N2O4S. The highest BCUT2D eigenvalue weighted by Gasteiger charge is 2.09. The second-order valence-corrected chi connectivity index (χ2v) is 6.30. The average molecular weight is 368 g/mol. The van der Waals surface area contributed by atoms with E-state index in [4.69, 9.17) is 9.84 Å². The molecule has 0 aliphatic carbocycles. The minimum Gasteiger partial charge on any atom is -0.484 e. The van der Waals surface area contributed by atoms with Crippen LogP contribution in [0.15, 0.2) is 60.0 Å². The molecule has 1 aromatic heterocycles. The number of aromatic nitrogens is 1. The summed E-state index contributed by atoms with van der Waals surface area (Å²) in [5.41, 5.74) is 2.59. The third kappa shape index (κ3) is 4.90. The number of carbonyl (C=O) groups excluding carboxylic acids is 1. The molecule has 1 heterocycles. The maximum atomic E-state index is 11.9. The van der Waals surface area contributed by atoms with Crippen LogP contribution in [0, 0.1) is 0 Å². The first-order valence-corrected chi connectivity index (χ1v) is 8.72. The molecule has 0 saturated heterocycles. The van der Waals surface area contributed by atoms with E-state index in [2.05, 4.69) is 10.3 Å². The molecule has 132 valence electrons. The van der Waals surface area contributed by atoms with Crippen LogP contribution < -0.4 is 10.1 Å². The lowest BCUT2D eigenvalue weighted by Gasteiger charge is -2.07. The summed E-state index contributed by atoms with van der Waals surface area (Å²) >= 11 is 1.18. The summed E-state index contributed by atoms with van der Waals surface area (Å²) in [4.78, 5) is 26.6. The van der Waals surface area contributed by atoms with Gasteiger partial charge in [-0.25, -0.2) is 4.98 Å². The Balaban J connectivity index is 1.51. The van der Waals surface area contributed by atoms with Gasteiger partial charge in [-0.05, 0) is 23.3 Å². The third-order valence-electron chi connectivity index (χ3n) is 3.46. The van der Waals surface area contributed by atoms with Crippen LogP contribution >= 0.6 is 11.3 Å². The molecule has 26 heavy (non-hydrogen) atoms. The molecule has 0 bridgehead atoms. The summed E-state index contributed by atoms with van der Waals surface area (Å²) in [5, 5.41) is 13.3. The van der Waals surface area contributed by atoms with Crippen LogP contribution in [-0.4, -0.2) is 28.6 Å². The summed E-state index contributed by atoms with van der Waals surface area (Å²) < 4.78 is 5.47. The van der Waals surface area contributed by atoms with E-state index in [1.54, 1.807) is 5.38 Å². The largest absolute Gasteiger partial charge is 0.484 e. The normalized spacial score (nSPS) is 10.3. The Kier molecular flexibility index (Phi) is 5.60. The monoisotopic (exact) mass is 368 g/mol. The summed E-state index contributed by atoms with van der Waals surface area (Å²) in [6.07, 6.45) is -0.170. The fourth-order valence-electron chi connectivity index (χ4n) is 2.28. The van der Waals surface area contributed by atoms with E-state index < -0.39 is 5.97 Å². The fourth-order valence-corrected chi connectivity index (χ4v) is 3.01. The van der Waals surface area contributed by atoms with Crippen molar-refractivity contribution < 1.29 is 19.4 Å². The zero-order valence-electron chi connectivity index (χ0n) is 13.7. The molecule has 1 amide bonds. The van der Waals surface area contributed by atoms with Gasteiger partial charge in [-0.1, -0.05) is 42.5 Å². The molecule has 7 heteroatoms. The van der Waals surface area contributed by atoms with E-state index in [0.717, 1.165) is 11.1 Å². The van der Waals surface area contributed by atoms with E-state index in [-0.39, 0.29) is 18.9 Å². The Labute approximate surface area is 154 Å². The van der Waals surface area contributed by atoms with Gasteiger partial charge in [-0.2, -0.15) is 0 Å². The summed E-state index contributed by atoms with van der Waals surface area (Å²) in [7, 11) is 0. The molecule has 0 fully saturated rings. The van der Waals surface area contributed by atoms with Gasteiger partial charge in [-0.3, -0.25) is 14.9 Å². The predicted octanol–water partition coefficient (Wildman–Crippen LogP) is 3.45. The molecule has 0 unspecified atom stereocenters. The number of ether oxygens (including phenoxy) is 1. The lowest BCUT2D eigenvalue weighted by Crippen LogP contribution is -2.20. The van der Waals surface area contributed by atoms with Crippen LogP contribution in [-0.2, 0) is 16.0 Å². The standard InChI is InChI=1S/C19H16N2O4S/c22-17(21-19-20-15(12-26-19)10-18(23)24)11-25-16-8-6-14(7-9-16)13-4-2-1-3-5-13/h1-9,12H,10-11H2,(H,23,24)(H,20,21,22). The van der Waals surface area contributed by atoms with Crippen LogP contribution in [0.1, 0.15) is 5.69 Å². The first kappa shape index (κ1) is 17.6. The minimum absolute atomic E-state index is 0.154. The molecule has 2 N–H and O–H groups in total. The molecule has 0 aliphatic rings. The zero-order valence-corrected chi connectivity index (χ0v) is 14.5. The summed E-state index contributed by atoms with van der Waals surface area (Å²) in [6.45, 7) is -0.154. The van der Waals surface area contributed by atoms with Gasteiger partial charge in [0, 0.05) is 5.38 Å². The van der Waals surface area contributed by atoms with Crippen LogP contribution in [0.2, 0.25) is 0 Å². The second-order valence-electron chi connectivity index (χ2n) is 5.44. The number of hydrogen-bond donors (Lipinski definition) is 2. The summed E-state index contributed by atoms with van der Waals surface area (Å²) in [6, 6.07) is 17.4. The lowest BCUT2D eigenvalue weighted by atomic mass is 10.1.